The quantitative estimate of drug-likeness (QED) is 0.128. The highest BCUT2D eigenvalue weighted by Crippen LogP contribution is 2.52. The first-order valence-corrected chi connectivity index (χ1v) is 20.1. The summed E-state index contributed by atoms with van der Waals surface area (Å²) in [5, 5.41) is 1.36. The Bertz CT molecular complexity index is 1860. The Morgan fingerprint density at radius 2 is 1.13 bits per heavy atom. The number of rotatable bonds is 7. The molecular formula is C45H50OSi. The third-order valence-electron chi connectivity index (χ3n) is 10.1. The summed E-state index contributed by atoms with van der Waals surface area (Å²) in [7, 11) is -2.28. The standard InChI is InChI=1S/C45H50OSi/c1-11-27-46-42-30(2)17-16-22-41(42)47(9,10)43-37-28-31(33-18-12-14-20-39(33)44(3,4)5)23-25-35(37)36-26-24-32(29-38(36)43)34-19-13-15-21-40(34)45(6,7)8/h11-26,28-29,43H,1,27H2,2-10H3. The lowest BCUT2D eigenvalue weighted by atomic mass is 9.81. The van der Waals surface area contributed by atoms with Crippen LogP contribution in [0.15, 0.2) is 116 Å². The highest BCUT2D eigenvalue weighted by atomic mass is 28.3. The van der Waals surface area contributed by atoms with E-state index < -0.39 is 8.07 Å². The van der Waals surface area contributed by atoms with E-state index in [1.165, 1.54) is 66.4 Å². The van der Waals surface area contributed by atoms with E-state index in [2.05, 4.69) is 171 Å². The van der Waals surface area contributed by atoms with Gasteiger partial charge in [-0.05, 0) is 84.1 Å². The third-order valence-corrected chi connectivity index (χ3v) is 13.9. The zero-order valence-corrected chi connectivity index (χ0v) is 30.8. The first kappa shape index (κ1) is 32.8. The van der Waals surface area contributed by atoms with Crippen LogP contribution in [0, 0.1) is 6.92 Å². The molecule has 0 radical (unpaired) electrons. The molecule has 0 unspecified atom stereocenters. The number of aryl methyl sites for hydroxylation is 1. The summed E-state index contributed by atoms with van der Waals surface area (Å²) >= 11 is 0. The maximum atomic E-state index is 6.45. The van der Waals surface area contributed by atoms with Crippen molar-refractivity contribution in [2.75, 3.05) is 6.61 Å². The van der Waals surface area contributed by atoms with Gasteiger partial charge in [-0.2, -0.15) is 0 Å². The number of hydrogen-bond acceptors (Lipinski definition) is 1. The van der Waals surface area contributed by atoms with E-state index in [-0.39, 0.29) is 16.4 Å². The molecule has 0 amide bonds. The van der Waals surface area contributed by atoms with Gasteiger partial charge in [-0.3, -0.25) is 0 Å². The molecule has 5 aromatic carbocycles. The van der Waals surface area contributed by atoms with Gasteiger partial charge >= 0.3 is 0 Å². The molecule has 0 spiro atoms. The predicted octanol–water partition coefficient (Wildman–Crippen LogP) is 11.8. The Balaban J connectivity index is 1.61. The van der Waals surface area contributed by atoms with Crippen molar-refractivity contribution in [2.24, 2.45) is 0 Å². The Hall–Kier alpha value is -4.14. The fourth-order valence-corrected chi connectivity index (χ4v) is 11.5. The Labute approximate surface area is 284 Å². The van der Waals surface area contributed by atoms with Crippen molar-refractivity contribution < 1.29 is 4.74 Å². The Morgan fingerprint density at radius 3 is 1.60 bits per heavy atom. The average Bonchev–Trinajstić information content (AvgIpc) is 3.37. The van der Waals surface area contributed by atoms with Gasteiger partial charge in [0, 0.05) is 5.54 Å². The van der Waals surface area contributed by atoms with Crippen molar-refractivity contribution in [3.8, 4) is 39.1 Å². The maximum absolute atomic E-state index is 6.45. The monoisotopic (exact) mass is 634 g/mol. The number of hydrogen-bond donors (Lipinski definition) is 0. The van der Waals surface area contributed by atoms with Crippen LogP contribution >= 0.6 is 0 Å². The topological polar surface area (TPSA) is 9.23 Å². The third kappa shape index (κ3) is 5.93. The van der Waals surface area contributed by atoms with E-state index in [0.717, 1.165) is 5.75 Å². The second kappa shape index (κ2) is 12.1. The summed E-state index contributed by atoms with van der Waals surface area (Å²) in [6, 6.07) is 39.1. The summed E-state index contributed by atoms with van der Waals surface area (Å²) < 4.78 is 6.45. The SMILES string of the molecule is C=CCOc1c(C)cccc1[Si](C)(C)C1c2cc(-c3ccccc3C(C)(C)C)ccc2-c2ccc(-c3ccccc3C(C)(C)C)cc21. The molecule has 2 heteroatoms. The zero-order chi connectivity index (χ0) is 33.7. The molecule has 0 fully saturated rings. The van der Waals surface area contributed by atoms with Crippen LogP contribution in [0.3, 0.4) is 0 Å². The highest BCUT2D eigenvalue weighted by molar-refractivity contribution is 6.92. The number of para-hydroxylation sites is 1. The molecule has 1 aliphatic rings. The van der Waals surface area contributed by atoms with Crippen LogP contribution in [0.5, 0.6) is 5.75 Å². The van der Waals surface area contributed by atoms with Gasteiger partial charge in [0.2, 0.25) is 0 Å². The molecule has 0 heterocycles. The highest BCUT2D eigenvalue weighted by Gasteiger charge is 2.44. The second-order valence-electron chi connectivity index (χ2n) is 15.9. The first-order chi connectivity index (χ1) is 22.2. The molecule has 0 saturated carbocycles. The van der Waals surface area contributed by atoms with Crippen LogP contribution < -0.4 is 9.92 Å². The van der Waals surface area contributed by atoms with Gasteiger partial charge < -0.3 is 4.74 Å². The maximum Gasteiger partial charge on any atom is 0.121 e. The number of ether oxygens (including phenoxy) is 1. The average molecular weight is 635 g/mol. The molecule has 0 aliphatic heterocycles. The normalized spacial score (nSPS) is 13.3. The van der Waals surface area contributed by atoms with Crippen molar-refractivity contribution in [3.63, 3.8) is 0 Å². The van der Waals surface area contributed by atoms with Gasteiger partial charge in [-0.1, -0.05) is 170 Å². The number of benzene rings is 5. The number of fused-ring (bicyclic) bond motifs is 3. The van der Waals surface area contributed by atoms with E-state index in [9.17, 15) is 0 Å². The first-order valence-electron chi connectivity index (χ1n) is 17.1. The van der Waals surface area contributed by atoms with Crippen LogP contribution in [-0.2, 0) is 10.8 Å². The minimum Gasteiger partial charge on any atom is -0.489 e. The van der Waals surface area contributed by atoms with Crippen LogP contribution in [0.4, 0.5) is 0 Å². The van der Waals surface area contributed by atoms with Crippen molar-refractivity contribution >= 4 is 13.3 Å². The van der Waals surface area contributed by atoms with Gasteiger partial charge in [0.25, 0.3) is 0 Å². The fraction of sp³-hybridized carbons (Fsp3) is 0.289. The van der Waals surface area contributed by atoms with Crippen LogP contribution in [-0.4, -0.2) is 14.7 Å². The van der Waals surface area contributed by atoms with E-state index >= 15 is 0 Å². The zero-order valence-electron chi connectivity index (χ0n) is 29.8. The molecule has 0 N–H and O–H groups in total. The Kier molecular flexibility index (Phi) is 8.47. The molecule has 0 aromatic heterocycles. The second-order valence-corrected chi connectivity index (χ2v) is 20.5. The van der Waals surface area contributed by atoms with Crippen molar-refractivity contribution in [1.29, 1.82) is 0 Å². The molecular weight excluding hydrogens is 585 g/mol. The smallest absolute Gasteiger partial charge is 0.121 e. The summed E-state index contributed by atoms with van der Waals surface area (Å²) in [5.41, 5.74) is 15.1. The van der Waals surface area contributed by atoms with Crippen LogP contribution in [0.2, 0.25) is 13.1 Å². The van der Waals surface area contributed by atoms with Gasteiger partial charge in [0.15, 0.2) is 0 Å². The van der Waals surface area contributed by atoms with Gasteiger partial charge in [0.05, 0.1) is 8.07 Å². The predicted molar refractivity (Wildman–Crippen MR) is 206 cm³/mol. The molecule has 0 atom stereocenters. The largest absolute Gasteiger partial charge is 0.489 e. The molecule has 1 nitrogen and oxygen atoms in total. The van der Waals surface area contributed by atoms with E-state index in [4.69, 9.17) is 4.74 Å². The minimum atomic E-state index is -2.28. The minimum absolute atomic E-state index is 0.0420. The van der Waals surface area contributed by atoms with E-state index in [0.29, 0.717) is 6.61 Å². The lowest BCUT2D eigenvalue weighted by Gasteiger charge is -2.34. The molecule has 47 heavy (non-hydrogen) atoms. The van der Waals surface area contributed by atoms with Gasteiger partial charge in [-0.15, -0.1) is 0 Å². The molecule has 5 aromatic rings. The lowest BCUT2D eigenvalue weighted by Crippen LogP contribution is -2.48. The summed E-state index contributed by atoms with van der Waals surface area (Å²) in [6.45, 7) is 25.6. The molecule has 240 valence electrons. The lowest BCUT2D eigenvalue weighted by molar-refractivity contribution is 0.363. The molecule has 6 rings (SSSR count). The van der Waals surface area contributed by atoms with E-state index in [1.807, 2.05) is 6.08 Å². The molecule has 0 bridgehead atoms. The van der Waals surface area contributed by atoms with Crippen molar-refractivity contribution in [1.82, 2.24) is 0 Å². The van der Waals surface area contributed by atoms with Crippen molar-refractivity contribution in [3.05, 3.63) is 144 Å². The van der Waals surface area contributed by atoms with Crippen molar-refractivity contribution in [2.45, 2.75) is 77.9 Å². The van der Waals surface area contributed by atoms with Gasteiger partial charge in [0.1, 0.15) is 12.4 Å². The van der Waals surface area contributed by atoms with E-state index in [1.54, 1.807) is 0 Å². The van der Waals surface area contributed by atoms with Crippen LogP contribution in [0.25, 0.3) is 33.4 Å². The fourth-order valence-electron chi connectivity index (χ4n) is 7.80. The Morgan fingerprint density at radius 1 is 0.638 bits per heavy atom. The summed E-state index contributed by atoms with van der Waals surface area (Å²) in [4.78, 5) is 0. The summed E-state index contributed by atoms with van der Waals surface area (Å²) in [5.74, 6) is 1.03. The van der Waals surface area contributed by atoms with Gasteiger partial charge in [-0.25, -0.2) is 0 Å². The molecule has 1 aliphatic carbocycles. The van der Waals surface area contributed by atoms with Crippen LogP contribution in [0.1, 0.15) is 74.9 Å². The summed E-state index contributed by atoms with van der Waals surface area (Å²) in [6.07, 6.45) is 1.85. The molecule has 0 saturated heterocycles.